The van der Waals surface area contributed by atoms with Crippen LogP contribution in [0.4, 0.5) is 13.2 Å². The second-order valence-corrected chi connectivity index (χ2v) is 2.52. The summed E-state index contributed by atoms with van der Waals surface area (Å²) in [5.74, 6) is -0.710. The van der Waals surface area contributed by atoms with E-state index >= 15 is 0 Å². The molecule has 0 aliphatic rings. The van der Waals surface area contributed by atoms with Gasteiger partial charge >= 0.3 is 6.55 Å². The highest BCUT2D eigenvalue weighted by atomic mass is 32.2. The Kier molecular flexibility index (Phi) is 2.43. The number of hydrogen-bond donors (Lipinski definition) is 0. The molecule has 2 nitrogen and oxygen atoms in total. The standard InChI is InChI=1S/C5H5F3N2S/c1-11-4-3(6)2-9-10(4)5(7)8/h2,5H,1H3. The summed E-state index contributed by atoms with van der Waals surface area (Å²) < 4.78 is 36.8. The van der Waals surface area contributed by atoms with Gasteiger partial charge in [-0.1, -0.05) is 0 Å². The van der Waals surface area contributed by atoms with Crippen LogP contribution in [0.15, 0.2) is 11.2 Å². The van der Waals surface area contributed by atoms with Gasteiger partial charge in [0, 0.05) is 0 Å². The van der Waals surface area contributed by atoms with Gasteiger partial charge in [0.1, 0.15) is 5.03 Å². The maximum absolute atomic E-state index is 12.5. The van der Waals surface area contributed by atoms with Crippen molar-refractivity contribution in [2.24, 2.45) is 0 Å². The Morgan fingerprint density at radius 2 is 2.27 bits per heavy atom. The van der Waals surface area contributed by atoms with Gasteiger partial charge in [-0.2, -0.15) is 18.6 Å². The van der Waals surface area contributed by atoms with E-state index in [-0.39, 0.29) is 5.03 Å². The fourth-order valence-corrected chi connectivity index (χ4v) is 1.22. The van der Waals surface area contributed by atoms with Crippen molar-refractivity contribution in [3.8, 4) is 0 Å². The molecule has 6 heteroatoms. The number of nitrogens with zero attached hydrogens (tertiary/aromatic N) is 2. The second kappa shape index (κ2) is 3.17. The average molecular weight is 182 g/mol. The van der Waals surface area contributed by atoms with Gasteiger partial charge in [-0.05, 0) is 6.26 Å². The first-order valence-corrected chi connectivity index (χ1v) is 3.94. The Labute approximate surface area is 65.4 Å². The molecule has 0 spiro atoms. The van der Waals surface area contributed by atoms with E-state index in [4.69, 9.17) is 0 Å². The molecule has 0 saturated carbocycles. The molecule has 0 unspecified atom stereocenters. The molecule has 0 bridgehead atoms. The number of halogens is 3. The highest BCUT2D eigenvalue weighted by Gasteiger charge is 2.15. The first-order chi connectivity index (χ1) is 5.16. The second-order valence-electron chi connectivity index (χ2n) is 1.72. The molecule has 0 atom stereocenters. The molecule has 1 aromatic rings. The summed E-state index contributed by atoms with van der Waals surface area (Å²) in [5.41, 5.74) is 0. The van der Waals surface area contributed by atoms with Gasteiger partial charge in [-0.25, -0.2) is 4.39 Å². The van der Waals surface area contributed by atoms with Gasteiger partial charge in [0.05, 0.1) is 6.20 Å². The fourth-order valence-electron chi connectivity index (χ4n) is 0.660. The van der Waals surface area contributed by atoms with Crippen LogP contribution in [0, 0.1) is 5.82 Å². The molecule has 11 heavy (non-hydrogen) atoms. The fraction of sp³-hybridized carbons (Fsp3) is 0.400. The first kappa shape index (κ1) is 8.45. The summed E-state index contributed by atoms with van der Waals surface area (Å²) in [5, 5.41) is 3.02. The zero-order chi connectivity index (χ0) is 8.43. The van der Waals surface area contributed by atoms with Crippen LogP contribution in [0.3, 0.4) is 0 Å². The van der Waals surface area contributed by atoms with Crippen LogP contribution in [0.1, 0.15) is 6.55 Å². The van der Waals surface area contributed by atoms with Crippen molar-refractivity contribution < 1.29 is 13.2 Å². The van der Waals surface area contributed by atoms with Crippen molar-refractivity contribution >= 4 is 11.8 Å². The van der Waals surface area contributed by atoms with Gasteiger partial charge < -0.3 is 0 Å². The number of aromatic nitrogens is 2. The molecule has 0 amide bonds. The van der Waals surface area contributed by atoms with Crippen LogP contribution in [0.5, 0.6) is 0 Å². The smallest absolute Gasteiger partial charge is 0.202 e. The lowest BCUT2D eigenvalue weighted by molar-refractivity contribution is 0.0466. The van der Waals surface area contributed by atoms with Crippen LogP contribution in [-0.4, -0.2) is 16.0 Å². The lowest BCUT2D eigenvalue weighted by Crippen LogP contribution is -2.01. The molecule has 0 radical (unpaired) electrons. The van der Waals surface area contributed by atoms with Gasteiger partial charge in [-0.3, -0.25) is 0 Å². The molecule has 0 fully saturated rings. The minimum Gasteiger partial charge on any atom is -0.202 e. The molecule has 1 aromatic heterocycles. The van der Waals surface area contributed by atoms with Gasteiger partial charge in [0.2, 0.25) is 0 Å². The van der Waals surface area contributed by atoms with E-state index in [9.17, 15) is 13.2 Å². The zero-order valence-electron chi connectivity index (χ0n) is 5.59. The monoisotopic (exact) mass is 182 g/mol. The first-order valence-electron chi connectivity index (χ1n) is 2.72. The zero-order valence-corrected chi connectivity index (χ0v) is 6.41. The van der Waals surface area contributed by atoms with Gasteiger partial charge in [-0.15, -0.1) is 11.8 Å². The van der Waals surface area contributed by atoms with Crippen molar-refractivity contribution in [3.63, 3.8) is 0 Å². The van der Waals surface area contributed by atoms with E-state index in [1.165, 1.54) is 6.26 Å². The van der Waals surface area contributed by atoms with Crippen LogP contribution in [-0.2, 0) is 0 Å². The highest BCUT2D eigenvalue weighted by Crippen LogP contribution is 2.23. The minimum atomic E-state index is -2.78. The highest BCUT2D eigenvalue weighted by molar-refractivity contribution is 7.98. The lowest BCUT2D eigenvalue weighted by Gasteiger charge is -2.01. The lowest BCUT2D eigenvalue weighted by atomic mass is 10.7. The summed E-state index contributed by atoms with van der Waals surface area (Å²) in [6.07, 6.45) is 2.29. The van der Waals surface area contributed by atoms with Crippen LogP contribution >= 0.6 is 11.8 Å². The Balaban J connectivity index is 3.05. The third kappa shape index (κ3) is 1.50. The Morgan fingerprint density at radius 3 is 2.64 bits per heavy atom. The molecular weight excluding hydrogens is 177 g/mol. The third-order valence-electron chi connectivity index (χ3n) is 1.09. The summed E-state index contributed by atoms with van der Waals surface area (Å²) in [4.78, 5) is 0. The van der Waals surface area contributed by atoms with Crippen molar-refractivity contribution in [3.05, 3.63) is 12.0 Å². The summed E-state index contributed by atoms with van der Waals surface area (Å²) in [6, 6.07) is 0. The average Bonchev–Trinajstić information content (AvgIpc) is 2.30. The maximum atomic E-state index is 12.5. The number of rotatable bonds is 2. The predicted molar refractivity (Wildman–Crippen MR) is 35.2 cm³/mol. The topological polar surface area (TPSA) is 17.8 Å². The molecular formula is C5H5F3N2S. The molecule has 62 valence electrons. The predicted octanol–water partition coefficient (Wildman–Crippen LogP) is 2.14. The molecule has 0 aromatic carbocycles. The molecule has 0 aliphatic carbocycles. The van der Waals surface area contributed by atoms with Crippen molar-refractivity contribution in [1.82, 2.24) is 9.78 Å². The van der Waals surface area contributed by atoms with Crippen molar-refractivity contribution in [2.45, 2.75) is 11.6 Å². The number of thioether (sulfide) groups is 1. The summed E-state index contributed by atoms with van der Waals surface area (Å²) in [6.45, 7) is -2.78. The number of hydrogen-bond acceptors (Lipinski definition) is 2. The van der Waals surface area contributed by atoms with Crippen LogP contribution < -0.4 is 0 Å². The molecule has 0 N–H and O–H groups in total. The maximum Gasteiger partial charge on any atom is 0.334 e. The largest absolute Gasteiger partial charge is 0.334 e. The Hall–Kier alpha value is -0.650. The van der Waals surface area contributed by atoms with E-state index in [1.54, 1.807) is 0 Å². The van der Waals surface area contributed by atoms with E-state index in [0.717, 1.165) is 18.0 Å². The molecule has 1 heterocycles. The number of alkyl halides is 2. The van der Waals surface area contributed by atoms with Gasteiger partial charge in [0.25, 0.3) is 0 Å². The third-order valence-corrected chi connectivity index (χ3v) is 1.85. The SMILES string of the molecule is CSc1c(F)cnn1C(F)F. The Bertz CT molecular complexity index is 248. The van der Waals surface area contributed by atoms with E-state index in [1.807, 2.05) is 0 Å². The van der Waals surface area contributed by atoms with E-state index in [0.29, 0.717) is 4.68 Å². The Morgan fingerprint density at radius 1 is 1.64 bits per heavy atom. The van der Waals surface area contributed by atoms with Crippen molar-refractivity contribution in [1.29, 1.82) is 0 Å². The van der Waals surface area contributed by atoms with Gasteiger partial charge in [0.15, 0.2) is 5.82 Å². The molecule has 0 saturated heterocycles. The molecule has 1 rings (SSSR count). The minimum absolute atomic E-state index is 0.139. The quantitative estimate of drug-likeness (QED) is 0.652. The van der Waals surface area contributed by atoms with E-state index < -0.39 is 12.4 Å². The summed E-state index contributed by atoms with van der Waals surface area (Å²) >= 11 is 0.902. The summed E-state index contributed by atoms with van der Waals surface area (Å²) in [7, 11) is 0. The molecule has 0 aliphatic heterocycles. The van der Waals surface area contributed by atoms with Crippen molar-refractivity contribution in [2.75, 3.05) is 6.26 Å². The van der Waals surface area contributed by atoms with Crippen LogP contribution in [0.2, 0.25) is 0 Å². The van der Waals surface area contributed by atoms with E-state index in [2.05, 4.69) is 5.10 Å². The van der Waals surface area contributed by atoms with Crippen LogP contribution in [0.25, 0.3) is 0 Å². The normalized spacial score (nSPS) is 11.0.